The monoisotopic (exact) mass is 429 g/mol. The molecular weight excluding hydrogens is 414 g/mol. The first-order valence-corrected chi connectivity index (χ1v) is 8.92. The highest BCUT2D eigenvalue weighted by molar-refractivity contribution is 7.76. The molecular formula is C16H15NO5S4. The summed E-state index contributed by atoms with van der Waals surface area (Å²) in [7, 11) is 0. The first kappa shape index (κ1) is 19.3. The van der Waals surface area contributed by atoms with Crippen molar-refractivity contribution in [2.45, 2.75) is 13.0 Å². The van der Waals surface area contributed by atoms with Crippen LogP contribution in [0, 0.1) is 0 Å². The lowest BCUT2D eigenvalue weighted by molar-refractivity contribution is 0.0734. The van der Waals surface area contributed by atoms with E-state index in [1.54, 1.807) is 29.2 Å². The quantitative estimate of drug-likeness (QED) is 0.431. The average Bonchev–Trinajstić information content (AvgIpc) is 2.70. The number of benzene rings is 2. The van der Waals surface area contributed by atoms with Crippen molar-refractivity contribution in [1.82, 2.24) is 4.90 Å². The largest absolute Gasteiger partial charge is 0.425 e. The molecule has 0 atom stereocenters. The molecule has 0 fully saturated rings. The molecule has 10 heteroatoms. The zero-order valence-corrected chi connectivity index (χ0v) is 16.9. The van der Waals surface area contributed by atoms with E-state index in [2.05, 4.69) is 51.6 Å². The first-order chi connectivity index (χ1) is 12.6. The molecule has 138 valence electrons. The van der Waals surface area contributed by atoms with Crippen LogP contribution in [0.1, 0.15) is 21.5 Å². The van der Waals surface area contributed by atoms with Gasteiger partial charge in [0, 0.05) is 70.3 Å². The highest BCUT2D eigenvalue weighted by Gasteiger charge is 2.24. The summed E-state index contributed by atoms with van der Waals surface area (Å²) in [6.07, 6.45) is 0.686. The van der Waals surface area contributed by atoms with Crippen LogP contribution < -0.4 is 16.7 Å². The van der Waals surface area contributed by atoms with E-state index in [1.165, 1.54) is 0 Å². The van der Waals surface area contributed by atoms with Gasteiger partial charge in [0.1, 0.15) is 0 Å². The maximum absolute atomic E-state index is 12.9. The van der Waals surface area contributed by atoms with Crippen LogP contribution in [-0.2, 0) is 13.0 Å². The van der Waals surface area contributed by atoms with Crippen LogP contribution in [0.15, 0.2) is 30.3 Å². The molecule has 1 heterocycles. The van der Waals surface area contributed by atoms with Crippen LogP contribution in [0.5, 0.6) is 23.0 Å². The van der Waals surface area contributed by atoms with Crippen molar-refractivity contribution in [3.8, 4) is 23.0 Å². The molecule has 0 unspecified atom stereocenters. The van der Waals surface area contributed by atoms with Gasteiger partial charge in [0.15, 0.2) is 23.0 Å². The number of carbonyl (C=O) groups excluding carboxylic acids is 1. The smallest absolute Gasteiger partial charge is 0.254 e. The van der Waals surface area contributed by atoms with Gasteiger partial charge in [0.05, 0.1) is 0 Å². The van der Waals surface area contributed by atoms with Crippen LogP contribution >= 0.6 is 51.6 Å². The molecule has 0 spiro atoms. The maximum Gasteiger partial charge on any atom is 0.254 e. The highest BCUT2D eigenvalue weighted by Crippen LogP contribution is 2.35. The summed E-state index contributed by atoms with van der Waals surface area (Å²) < 4.78 is 19.8. The van der Waals surface area contributed by atoms with Gasteiger partial charge in [-0.1, -0.05) is 0 Å². The lowest BCUT2D eigenvalue weighted by Crippen LogP contribution is -2.36. The molecule has 1 aliphatic rings. The fraction of sp³-hybridized carbons (Fsp3) is 0.188. The van der Waals surface area contributed by atoms with Crippen LogP contribution in [0.3, 0.4) is 0 Å². The summed E-state index contributed by atoms with van der Waals surface area (Å²) in [5.74, 6) is 1.49. The minimum absolute atomic E-state index is 0.129. The molecule has 0 bridgehead atoms. The van der Waals surface area contributed by atoms with E-state index >= 15 is 0 Å². The van der Waals surface area contributed by atoms with Crippen LogP contribution in [0.25, 0.3) is 0 Å². The summed E-state index contributed by atoms with van der Waals surface area (Å²) in [4.78, 5) is 14.6. The SMILES string of the molecule is O=C(c1ccc(OS)c(OS)c1)N1CCc2cc(OS)c(OS)cc2C1. The zero-order valence-electron chi connectivity index (χ0n) is 13.3. The Morgan fingerprint density at radius 3 is 2.00 bits per heavy atom. The number of amides is 1. The Bertz CT molecular complexity index is 833. The van der Waals surface area contributed by atoms with Crippen molar-refractivity contribution >= 4 is 57.5 Å². The summed E-state index contributed by atoms with van der Waals surface area (Å²) in [6.45, 7) is 1.01. The molecule has 0 saturated carbocycles. The molecule has 1 amide bonds. The van der Waals surface area contributed by atoms with Gasteiger partial charge in [-0.15, -0.1) is 0 Å². The number of fused-ring (bicyclic) bond motifs is 1. The molecule has 0 radical (unpaired) electrons. The maximum atomic E-state index is 12.9. The second-order valence-electron chi connectivity index (χ2n) is 5.57. The minimum Gasteiger partial charge on any atom is -0.425 e. The normalized spacial score (nSPS) is 13.0. The van der Waals surface area contributed by atoms with E-state index < -0.39 is 0 Å². The average molecular weight is 430 g/mol. The van der Waals surface area contributed by atoms with E-state index in [1.807, 2.05) is 6.07 Å². The summed E-state index contributed by atoms with van der Waals surface area (Å²) in [5.41, 5.74) is 2.50. The summed E-state index contributed by atoms with van der Waals surface area (Å²) >= 11 is 15.2. The predicted octanol–water partition coefficient (Wildman–Crippen LogP) is 3.78. The van der Waals surface area contributed by atoms with Gasteiger partial charge in [-0.05, 0) is 47.9 Å². The lowest BCUT2D eigenvalue weighted by atomic mass is 9.98. The van der Waals surface area contributed by atoms with Crippen LogP contribution in [0.4, 0.5) is 0 Å². The Morgan fingerprint density at radius 1 is 0.808 bits per heavy atom. The fourth-order valence-corrected chi connectivity index (χ4v) is 3.43. The molecule has 0 saturated heterocycles. The third kappa shape index (κ3) is 3.78. The fourth-order valence-electron chi connectivity index (χ4n) is 2.85. The number of rotatable bonds is 5. The van der Waals surface area contributed by atoms with E-state index in [-0.39, 0.29) is 5.91 Å². The number of carbonyl (C=O) groups is 1. The first-order valence-electron chi connectivity index (χ1n) is 7.46. The van der Waals surface area contributed by atoms with Crippen LogP contribution in [-0.4, -0.2) is 17.4 Å². The zero-order chi connectivity index (χ0) is 18.7. The Morgan fingerprint density at radius 2 is 1.38 bits per heavy atom. The third-order valence-electron chi connectivity index (χ3n) is 4.15. The van der Waals surface area contributed by atoms with Crippen LogP contribution in [0.2, 0.25) is 0 Å². The molecule has 2 aromatic carbocycles. The van der Waals surface area contributed by atoms with E-state index in [0.717, 1.165) is 11.1 Å². The molecule has 3 rings (SSSR count). The van der Waals surface area contributed by atoms with Crippen molar-refractivity contribution in [3.05, 3.63) is 47.0 Å². The van der Waals surface area contributed by atoms with Gasteiger partial charge in [-0.2, -0.15) is 0 Å². The van der Waals surface area contributed by atoms with E-state index in [9.17, 15) is 4.79 Å². The van der Waals surface area contributed by atoms with Crippen molar-refractivity contribution < 1.29 is 21.5 Å². The molecule has 0 N–H and O–H groups in total. The van der Waals surface area contributed by atoms with Crippen molar-refractivity contribution in [1.29, 1.82) is 0 Å². The predicted molar refractivity (Wildman–Crippen MR) is 110 cm³/mol. The number of hydrogen-bond acceptors (Lipinski definition) is 9. The van der Waals surface area contributed by atoms with Crippen molar-refractivity contribution in [2.24, 2.45) is 0 Å². The van der Waals surface area contributed by atoms with Gasteiger partial charge in [-0.25, -0.2) is 0 Å². The van der Waals surface area contributed by atoms with E-state index in [4.69, 9.17) is 16.7 Å². The van der Waals surface area contributed by atoms with Crippen molar-refractivity contribution in [2.75, 3.05) is 6.54 Å². The molecule has 1 aliphatic heterocycles. The van der Waals surface area contributed by atoms with Gasteiger partial charge in [-0.3, -0.25) is 4.79 Å². The Kier molecular flexibility index (Phi) is 6.28. The molecule has 6 nitrogen and oxygen atoms in total. The standard InChI is InChI=1S/C16H15NO5S4/c18-16(10-1-2-12(19-23)13(6-10)20-24)17-4-3-9-5-14(21-25)15(22-26)7-11(9)8-17/h1-2,5-7,23-26H,3-4,8H2. The second-order valence-corrected chi connectivity index (χ2v) is 6.30. The number of thiol groups is 4. The highest BCUT2D eigenvalue weighted by atomic mass is 32.1. The van der Waals surface area contributed by atoms with Gasteiger partial charge in [0.2, 0.25) is 0 Å². The van der Waals surface area contributed by atoms with Gasteiger partial charge >= 0.3 is 0 Å². The minimum atomic E-state index is -0.129. The molecule has 26 heavy (non-hydrogen) atoms. The topological polar surface area (TPSA) is 57.2 Å². The Labute approximate surface area is 173 Å². The van der Waals surface area contributed by atoms with Crippen molar-refractivity contribution in [3.63, 3.8) is 0 Å². The summed E-state index contributed by atoms with van der Waals surface area (Å²) in [6, 6.07) is 8.47. The second kappa shape index (κ2) is 8.47. The Balaban J connectivity index is 1.85. The molecule has 0 aliphatic carbocycles. The number of nitrogens with zero attached hydrogens (tertiary/aromatic N) is 1. The Hall–Kier alpha value is -1.49. The van der Waals surface area contributed by atoms with Gasteiger partial charge in [0.25, 0.3) is 5.91 Å². The third-order valence-corrected chi connectivity index (χ3v) is 4.94. The van der Waals surface area contributed by atoms with Gasteiger partial charge < -0.3 is 21.6 Å². The lowest BCUT2D eigenvalue weighted by Gasteiger charge is -2.29. The molecule has 0 aromatic heterocycles. The summed E-state index contributed by atoms with van der Waals surface area (Å²) in [5, 5.41) is 0. The molecule has 2 aromatic rings. The number of hydrogen-bond donors (Lipinski definition) is 4. The van der Waals surface area contributed by atoms with E-state index in [0.29, 0.717) is 48.1 Å².